The highest BCUT2D eigenvalue weighted by Gasteiger charge is 2.18. The predicted molar refractivity (Wildman–Crippen MR) is 127 cm³/mol. The second-order valence-corrected chi connectivity index (χ2v) is 8.54. The molecule has 3 aromatic heterocycles. The molecule has 1 saturated heterocycles. The van der Waals surface area contributed by atoms with Gasteiger partial charge >= 0.3 is 5.69 Å². The van der Waals surface area contributed by atoms with Gasteiger partial charge in [-0.15, -0.1) is 0 Å². The molecular formula is C24H27FN6O2. The molecule has 0 saturated carbocycles. The predicted octanol–water partition coefficient (Wildman–Crippen LogP) is 3.45. The number of imidazole rings is 1. The minimum Gasteiger partial charge on any atom is -0.478 e. The molecule has 0 bridgehead atoms. The Morgan fingerprint density at radius 3 is 2.76 bits per heavy atom. The Hall–Kier alpha value is -3.46. The number of nitrogen functional groups attached to an aromatic ring is 1. The van der Waals surface area contributed by atoms with E-state index in [1.54, 1.807) is 25.4 Å². The fourth-order valence-corrected chi connectivity index (χ4v) is 4.58. The molecule has 0 amide bonds. The Bertz CT molecular complexity index is 1360. The summed E-state index contributed by atoms with van der Waals surface area (Å²) in [7, 11) is 1.64. The largest absolute Gasteiger partial charge is 0.478 e. The number of nitrogens with one attached hydrogen (secondary N) is 1. The molecule has 4 heterocycles. The first-order valence-electron chi connectivity index (χ1n) is 11.3. The van der Waals surface area contributed by atoms with E-state index in [0.29, 0.717) is 40.0 Å². The van der Waals surface area contributed by atoms with Crippen LogP contribution in [-0.4, -0.2) is 50.7 Å². The second-order valence-electron chi connectivity index (χ2n) is 8.54. The summed E-state index contributed by atoms with van der Waals surface area (Å²) in [5, 5.41) is 0.514. The number of likely N-dealkylation sites (tertiary alicyclic amines) is 1. The summed E-state index contributed by atoms with van der Waals surface area (Å²) in [6, 6.07) is 4.80. The first-order chi connectivity index (χ1) is 16.0. The molecule has 4 aromatic rings. The van der Waals surface area contributed by atoms with Crippen LogP contribution in [0.4, 0.5) is 10.1 Å². The molecule has 1 fully saturated rings. The van der Waals surface area contributed by atoms with Gasteiger partial charge in [-0.2, -0.15) is 0 Å². The second kappa shape index (κ2) is 8.82. The van der Waals surface area contributed by atoms with Gasteiger partial charge in [0.05, 0.1) is 35.0 Å². The van der Waals surface area contributed by atoms with Crippen LogP contribution in [-0.2, 0) is 7.05 Å². The van der Waals surface area contributed by atoms with Crippen LogP contribution in [0, 0.1) is 5.82 Å². The number of pyridine rings is 2. The van der Waals surface area contributed by atoms with Gasteiger partial charge in [-0.1, -0.05) is 6.42 Å². The lowest BCUT2D eigenvalue weighted by Gasteiger charge is -2.26. The fourth-order valence-electron chi connectivity index (χ4n) is 4.58. The van der Waals surface area contributed by atoms with Crippen molar-refractivity contribution in [3.63, 3.8) is 0 Å². The molecule has 0 radical (unpaired) electrons. The SMILES string of the molecule is Cn1c(=O)[nH]c2c3c(N)c(-c4ccc(OCCCN5CCCCC5)nc4)c(F)cc3ncc21. The summed E-state index contributed by atoms with van der Waals surface area (Å²) in [6.45, 7) is 3.95. The Kier molecular flexibility index (Phi) is 5.72. The van der Waals surface area contributed by atoms with Crippen LogP contribution in [0.5, 0.6) is 5.88 Å². The molecular weight excluding hydrogens is 423 g/mol. The van der Waals surface area contributed by atoms with Crippen molar-refractivity contribution in [1.82, 2.24) is 24.4 Å². The van der Waals surface area contributed by atoms with E-state index >= 15 is 4.39 Å². The third-order valence-corrected chi connectivity index (χ3v) is 6.37. The molecule has 0 unspecified atom stereocenters. The lowest BCUT2D eigenvalue weighted by atomic mass is 10.0. The summed E-state index contributed by atoms with van der Waals surface area (Å²) in [6.07, 6.45) is 7.92. The van der Waals surface area contributed by atoms with Gasteiger partial charge in [0.1, 0.15) is 5.82 Å². The number of aromatic amines is 1. The molecule has 0 atom stereocenters. The molecule has 1 aliphatic rings. The number of nitrogens with two attached hydrogens (primary N) is 1. The first-order valence-corrected chi connectivity index (χ1v) is 11.3. The number of anilines is 1. The van der Waals surface area contributed by atoms with Crippen molar-refractivity contribution in [1.29, 1.82) is 0 Å². The molecule has 3 N–H and O–H groups in total. The van der Waals surface area contributed by atoms with Gasteiger partial charge in [0.15, 0.2) is 0 Å². The minimum absolute atomic E-state index is 0.210. The maximum Gasteiger partial charge on any atom is 0.326 e. The van der Waals surface area contributed by atoms with Crippen molar-refractivity contribution in [3.05, 3.63) is 46.9 Å². The van der Waals surface area contributed by atoms with Crippen LogP contribution in [0.25, 0.3) is 33.1 Å². The Morgan fingerprint density at radius 1 is 1.18 bits per heavy atom. The van der Waals surface area contributed by atoms with Crippen LogP contribution in [0.1, 0.15) is 25.7 Å². The highest BCUT2D eigenvalue weighted by atomic mass is 19.1. The van der Waals surface area contributed by atoms with Gasteiger partial charge in [-0.25, -0.2) is 14.2 Å². The van der Waals surface area contributed by atoms with E-state index in [1.807, 2.05) is 0 Å². The zero-order chi connectivity index (χ0) is 22.9. The molecule has 33 heavy (non-hydrogen) atoms. The van der Waals surface area contributed by atoms with Crippen molar-refractivity contribution in [3.8, 4) is 17.0 Å². The van der Waals surface area contributed by atoms with E-state index in [9.17, 15) is 4.79 Å². The van der Waals surface area contributed by atoms with E-state index in [-0.39, 0.29) is 16.9 Å². The quantitative estimate of drug-likeness (QED) is 0.345. The zero-order valence-electron chi connectivity index (χ0n) is 18.6. The molecule has 1 aliphatic heterocycles. The highest BCUT2D eigenvalue weighted by molar-refractivity contribution is 6.12. The van der Waals surface area contributed by atoms with E-state index < -0.39 is 5.82 Å². The summed E-state index contributed by atoms with van der Waals surface area (Å²) in [5.41, 5.74) is 8.61. The number of aryl methyl sites for hydroxylation is 1. The van der Waals surface area contributed by atoms with Crippen molar-refractivity contribution in [2.75, 3.05) is 32.0 Å². The number of H-pyrrole nitrogens is 1. The van der Waals surface area contributed by atoms with E-state index in [0.717, 1.165) is 13.0 Å². The van der Waals surface area contributed by atoms with Crippen LogP contribution < -0.4 is 16.2 Å². The third kappa shape index (κ3) is 4.04. The van der Waals surface area contributed by atoms with Crippen molar-refractivity contribution in [2.45, 2.75) is 25.7 Å². The molecule has 0 aliphatic carbocycles. The van der Waals surface area contributed by atoms with Crippen LogP contribution in [0.3, 0.4) is 0 Å². The lowest BCUT2D eigenvalue weighted by molar-refractivity contribution is 0.203. The molecule has 1 aromatic carbocycles. The van der Waals surface area contributed by atoms with Gasteiger partial charge in [-0.3, -0.25) is 9.55 Å². The molecule has 5 rings (SSSR count). The maximum atomic E-state index is 15.0. The van der Waals surface area contributed by atoms with E-state index in [1.165, 1.54) is 49.2 Å². The summed E-state index contributed by atoms with van der Waals surface area (Å²) in [4.78, 5) is 26.0. The monoisotopic (exact) mass is 450 g/mol. The number of piperidine rings is 1. The average molecular weight is 451 g/mol. The van der Waals surface area contributed by atoms with E-state index in [2.05, 4.69) is 19.9 Å². The molecule has 172 valence electrons. The molecule has 0 spiro atoms. The number of fused-ring (bicyclic) bond motifs is 3. The number of benzene rings is 1. The topological polar surface area (TPSA) is 102 Å². The number of hydrogen-bond donors (Lipinski definition) is 2. The highest BCUT2D eigenvalue weighted by Crippen LogP contribution is 2.37. The Balaban J connectivity index is 1.38. The number of aromatic nitrogens is 4. The van der Waals surface area contributed by atoms with Gasteiger partial charge in [-0.05, 0) is 38.4 Å². The zero-order valence-corrected chi connectivity index (χ0v) is 18.6. The van der Waals surface area contributed by atoms with Crippen LogP contribution in [0.15, 0.2) is 35.4 Å². The summed E-state index contributed by atoms with van der Waals surface area (Å²) in [5.74, 6) is -0.00395. The number of nitrogens with zero attached hydrogens (tertiary/aromatic N) is 4. The van der Waals surface area contributed by atoms with Gasteiger partial charge in [0.25, 0.3) is 0 Å². The number of halogens is 1. The summed E-state index contributed by atoms with van der Waals surface area (Å²) < 4.78 is 22.2. The smallest absolute Gasteiger partial charge is 0.326 e. The number of ether oxygens (including phenoxy) is 1. The Labute approximate surface area is 190 Å². The first kappa shape index (κ1) is 21.4. The fraction of sp³-hybridized carbons (Fsp3) is 0.375. The third-order valence-electron chi connectivity index (χ3n) is 6.37. The average Bonchev–Trinajstić information content (AvgIpc) is 3.11. The van der Waals surface area contributed by atoms with Crippen molar-refractivity contribution in [2.24, 2.45) is 7.05 Å². The van der Waals surface area contributed by atoms with Crippen LogP contribution >= 0.6 is 0 Å². The summed E-state index contributed by atoms with van der Waals surface area (Å²) >= 11 is 0. The van der Waals surface area contributed by atoms with Crippen molar-refractivity contribution < 1.29 is 9.13 Å². The van der Waals surface area contributed by atoms with Gasteiger partial charge in [0, 0.05) is 48.4 Å². The lowest BCUT2D eigenvalue weighted by Crippen LogP contribution is -2.31. The molecule has 9 heteroatoms. The number of hydrogen-bond acceptors (Lipinski definition) is 6. The normalized spacial score (nSPS) is 14.8. The Morgan fingerprint density at radius 2 is 2.00 bits per heavy atom. The van der Waals surface area contributed by atoms with Crippen molar-refractivity contribution >= 4 is 27.6 Å². The van der Waals surface area contributed by atoms with Crippen LogP contribution in [0.2, 0.25) is 0 Å². The van der Waals surface area contributed by atoms with Gasteiger partial charge < -0.3 is 20.4 Å². The molecule has 8 nitrogen and oxygen atoms in total. The maximum absolute atomic E-state index is 15.0. The number of rotatable bonds is 6. The minimum atomic E-state index is -0.498. The van der Waals surface area contributed by atoms with Gasteiger partial charge in [0.2, 0.25) is 5.88 Å². The standard InChI is InChI=1S/C24H27FN6O2/c1-30-18-14-27-17-12-16(25)20(22(26)21(17)23(18)29-24(30)32)15-6-7-19(28-13-15)33-11-5-10-31-8-3-2-4-9-31/h6-7,12-14H,2-5,8-11,26H2,1H3,(H,29,32). The van der Waals surface area contributed by atoms with E-state index in [4.69, 9.17) is 10.5 Å².